The third-order valence-electron chi connectivity index (χ3n) is 4.99. The van der Waals surface area contributed by atoms with Gasteiger partial charge in [-0.15, -0.1) is 4.99 Å². The minimum Gasteiger partial charge on any atom is -0.496 e. The van der Waals surface area contributed by atoms with Gasteiger partial charge in [0, 0.05) is 11.8 Å². The van der Waals surface area contributed by atoms with Gasteiger partial charge in [-0.2, -0.15) is 5.26 Å². The number of hydrogen-bond acceptors (Lipinski definition) is 5. The normalized spacial score (nSPS) is 15.7. The number of aromatic nitrogens is 1. The average molecular weight is 373 g/mol. The summed E-state index contributed by atoms with van der Waals surface area (Å²) in [6, 6.07) is 13.9. The van der Waals surface area contributed by atoms with E-state index in [0.29, 0.717) is 11.5 Å². The van der Waals surface area contributed by atoms with Gasteiger partial charge in [0.2, 0.25) is 12.2 Å². The van der Waals surface area contributed by atoms with E-state index in [1.165, 1.54) is 17.5 Å². The lowest BCUT2D eigenvalue weighted by atomic mass is 10.1. The summed E-state index contributed by atoms with van der Waals surface area (Å²) in [5, 5.41) is 9.05. The number of rotatable bonds is 4. The predicted octanol–water partition coefficient (Wildman–Crippen LogP) is 3.64. The molecular formula is C21H19N5O2. The third-order valence-corrected chi connectivity index (χ3v) is 4.99. The molecule has 0 saturated carbocycles. The molecule has 4 rings (SSSR count). The Kier molecular flexibility index (Phi) is 4.68. The van der Waals surface area contributed by atoms with E-state index in [-0.39, 0.29) is 12.0 Å². The van der Waals surface area contributed by atoms with Crippen molar-refractivity contribution in [2.75, 3.05) is 12.0 Å². The predicted molar refractivity (Wildman–Crippen MR) is 106 cm³/mol. The molecule has 1 unspecified atom stereocenters. The highest BCUT2D eigenvalue weighted by atomic mass is 16.5. The molecule has 7 heteroatoms. The van der Waals surface area contributed by atoms with E-state index in [0.717, 1.165) is 24.1 Å². The number of nitrogens with zero attached hydrogens (tertiary/aromatic N) is 4. The zero-order valence-electron chi connectivity index (χ0n) is 15.4. The number of aryl methyl sites for hydroxylation is 1. The largest absolute Gasteiger partial charge is 0.496 e. The van der Waals surface area contributed by atoms with E-state index in [1.54, 1.807) is 19.5 Å². The van der Waals surface area contributed by atoms with Crippen LogP contribution in [0.3, 0.4) is 0 Å². The number of ether oxygens (including phenoxy) is 1. The van der Waals surface area contributed by atoms with Crippen LogP contribution in [0.2, 0.25) is 0 Å². The molecule has 2 aromatic carbocycles. The molecule has 0 saturated heterocycles. The Hall–Kier alpha value is -3.79. The first kappa shape index (κ1) is 17.6. The standard InChI is InChI=1S/C21H19N5O2/c1-27-19-10-15(7-8-17(19)20-11-24-13-28-20)26(21(23)25-12-22)18-9-6-14-4-2-3-5-16(14)18/h2-5,7-8,10-11,13,18H,6,9H2,1H3,(H2,23,25). The van der Waals surface area contributed by atoms with Crippen molar-refractivity contribution in [1.29, 1.82) is 5.26 Å². The molecule has 7 nitrogen and oxygen atoms in total. The second-order valence-corrected chi connectivity index (χ2v) is 6.44. The van der Waals surface area contributed by atoms with Crippen LogP contribution in [0.1, 0.15) is 23.6 Å². The first-order chi connectivity index (χ1) is 13.7. The van der Waals surface area contributed by atoms with Crippen LogP contribution in [0.15, 0.2) is 64.5 Å². The van der Waals surface area contributed by atoms with Gasteiger partial charge < -0.3 is 19.8 Å². The highest BCUT2D eigenvalue weighted by Gasteiger charge is 2.30. The van der Waals surface area contributed by atoms with Crippen molar-refractivity contribution in [3.8, 4) is 23.3 Å². The Balaban J connectivity index is 1.80. The number of fused-ring (bicyclic) bond motifs is 1. The fourth-order valence-corrected chi connectivity index (χ4v) is 3.76. The van der Waals surface area contributed by atoms with Crippen molar-refractivity contribution >= 4 is 11.6 Å². The highest BCUT2D eigenvalue weighted by Crippen LogP contribution is 2.40. The number of methoxy groups -OCH3 is 1. The van der Waals surface area contributed by atoms with E-state index in [2.05, 4.69) is 22.1 Å². The minimum atomic E-state index is -0.00543. The molecule has 1 aliphatic carbocycles. The molecule has 0 radical (unpaired) electrons. The van der Waals surface area contributed by atoms with Crippen molar-refractivity contribution < 1.29 is 9.15 Å². The van der Waals surface area contributed by atoms with Crippen LogP contribution >= 0.6 is 0 Å². The van der Waals surface area contributed by atoms with Crippen LogP contribution in [0.5, 0.6) is 5.75 Å². The lowest BCUT2D eigenvalue weighted by Gasteiger charge is -2.30. The molecule has 1 heterocycles. The summed E-state index contributed by atoms with van der Waals surface area (Å²) >= 11 is 0. The van der Waals surface area contributed by atoms with Crippen molar-refractivity contribution in [2.45, 2.75) is 18.9 Å². The Morgan fingerprint density at radius 1 is 1.36 bits per heavy atom. The van der Waals surface area contributed by atoms with Crippen LogP contribution in [-0.2, 0) is 6.42 Å². The van der Waals surface area contributed by atoms with Gasteiger partial charge >= 0.3 is 0 Å². The molecule has 0 aliphatic heterocycles. The summed E-state index contributed by atoms with van der Waals surface area (Å²) < 4.78 is 11.0. The Bertz CT molecular complexity index is 1050. The van der Waals surface area contributed by atoms with Crippen LogP contribution in [-0.4, -0.2) is 18.1 Å². The molecule has 0 bridgehead atoms. The minimum absolute atomic E-state index is 0.00543. The summed E-state index contributed by atoms with van der Waals surface area (Å²) in [4.78, 5) is 9.66. The first-order valence-electron chi connectivity index (χ1n) is 8.89. The van der Waals surface area contributed by atoms with Crippen molar-refractivity contribution in [1.82, 2.24) is 4.98 Å². The smallest absolute Gasteiger partial charge is 0.212 e. The topological polar surface area (TPSA) is 101 Å². The summed E-state index contributed by atoms with van der Waals surface area (Å²) in [5.74, 6) is 1.38. The zero-order valence-corrected chi connectivity index (χ0v) is 15.4. The number of benzene rings is 2. The number of aliphatic imine (C=N–C) groups is 1. The van der Waals surface area contributed by atoms with Crippen molar-refractivity contribution in [3.05, 3.63) is 66.2 Å². The molecule has 0 spiro atoms. The molecule has 2 N–H and O–H groups in total. The lowest BCUT2D eigenvalue weighted by Crippen LogP contribution is -2.39. The molecule has 1 atom stereocenters. The van der Waals surface area contributed by atoms with Gasteiger partial charge in [0.05, 0.1) is 24.9 Å². The molecule has 1 aliphatic rings. The Labute approximate surface area is 162 Å². The van der Waals surface area contributed by atoms with Gasteiger partial charge in [0.1, 0.15) is 5.75 Å². The maximum Gasteiger partial charge on any atom is 0.212 e. The fraction of sp³-hybridized carbons (Fsp3) is 0.190. The van der Waals surface area contributed by atoms with E-state index < -0.39 is 0 Å². The number of nitrogens with two attached hydrogens (primary N) is 1. The van der Waals surface area contributed by atoms with E-state index in [1.807, 2.05) is 35.2 Å². The van der Waals surface area contributed by atoms with Crippen LogP contribution in [0.4, 0.5) is 5.69 Å². The van der Waals surface area contributed by atoms with Crippen molar-refractivity contribution in [3.63, 3.8) is 0 Å². The number of guanidine groups is 1. The maximum absolute atomic E-state index is 9.05. The Morgan fingerprint density at radius 3 is 2.96 bits per heavy atom. The third kappa shape index (κ3) is 3.05. The average Bonchev–Trinajstić information content (AvgIpc) is 3.39. The zero-order chi connectivity index (χ0) is 19.5. The Morgan fingerprint density at radius 2 is 2.21 bits per heavy atom. The molecule has 28 heavy (non-hydrogen) atoms. The van der Waals surface area contributed by atoms with Gasteiger partial charge in [-0.1, -0.05) is 24.3 Å². The SMILES string of the molecule is COc1cc(N(C(N)=NC#N)C2CCc3ccccc32)ccc1-c1cnco1. The van der Waals surface area contributed by atoms with Crippen LogP contribution < -0.4 is 15.4 Å². The number of anilines is 1. The number of oxazole rings is 1. The summed E-state index contributed by atoms with van der Waals surface area (Å²) in [5.41, 5.74) is 10.3. The maximum atomic E-state index is 9.05. The van der Waals surface area contributed by atoms with Crippen LogP contribution in [0.25, 0.3) is 11.3 Å². The van der Waals surface area contributed by atoms with Gasteiger partial charge in [-0.05, 0) is 36.1 Å². The molecule has 1 aromatic heterocycles. The number of nitriles is 1. The van der Waals surface area contributed by atoms with Crippen molar-refractivity contribution in [2.24, 2.45) is 10.7 Å². The summed E-state index contributed by atoms with van der Waals surface area (Å²) in [6.45, 7) is 0. The molecule has 140 valence electrons. The van der Waals surface area contributed by atoms with E-state index in [9.17, 15) is 0 Å². The highest BCUT2D eigenvalue weighted by molar-refractivity contribution is 5.97. The van der Waals surface area contributed by atoms with Crippen LogP contribution in [0, 0.1) is 11.5 Å². The van der Waals surface area contributed by atoms with Gasteiger partial charge in [0.15, 0.2) is 12.2 Å². The fourth-order valence-electron chi connectivity index (χ4n) is 3.76. The van der Waals surface area contributed by atoms with Gasteiger partial charge in [-0.25, -0.2) is 4.98 Å². The summed E-state index contributed by atoms with van der Waals surface area (Å²) in [7, 11) is 1.60. The lowest BCUT2D eigenvalue weighted by molar-refractivity contribution is 0.414. The first-order valence-corrected chi connectivity index (χ1v) is 8.89. The quantitative estimate of drug-likeness (QED) is 0.426. The second kappa shape index (κ2) is 7.45. The molecule has 3 aromatic rings. The van der Waals surface area contributed by atoms with Gasteiger partial charge in [-0.3, -0.25) is 0 Å². The molecule has 0 fully saturated rings. The van der Waals surface area contributed by atoms with E-state index >= 15 is 0 Å². The second-order valence-electron chi connectivity index (χ2n) is 6.44. The number of hydrogen-bond donors (Lipinski definition) is 1. The molecular weight excluding hydrogens is 354 g/mol. The van der Waals surface area contributed by atoms with Gasteiger partial charge in [0.25, 0.3) is 0 Å². The van der Waals surface area contributed by atoms with E-state index in [4.69, 9.17) is 20.1 Å². The molecule has 0 amide bonds. The monoisotopic (exact) mass is 373 g/mol. The summed E-state index contributed by atoms with van der Waals surface area (Å²) in [6.07, 6.45) is 6.64.